The summed E-state index contributed by atoms with van der Waals surface area (Å²) in [4.78, 5) is 37.2. The van der Waals surface area contributed by atoms with Gasteiger partial charge in [-0.1, -0.05) is 0 Å². The number of hydrogen-bond acceptors (Lipinski definition) is 5. The zero-order chi connectivity index (χ0) is 21.6. The summed E-state index contributed by atoms with van der Waals surface area (Å²) in [6, 6.07) is 4.02. The molecule has 31 heavy (non-hydrogen) atoms. The number of likely N-dealkylation sites (tertiary alicyclic amines) is 1. The second kappa shape index (κ2) is 9.79. The van der Waals surface area contributed by atoms with E-state index in [2.05, 4.69) is 30.5 Å². The fourth-order valence-electron chi connectivity index (χ4n) is 4.29. The number of nitrogens with zero attached hydrogens (tertiary/aromatic N) is 3. The molecule has 2 atom stereocenters. The Labute approximate surface area is 181 Å². The molecule has 1 saturated carbocycles. The SMILES string of the molecule is N#Cc1c[nH]c(C(=O)NC[C@@H]2CC[C@H](CC(=O)NCCc3cnc[nH]3)N2CC2CC2)c1. The quantitative estimate of drug-likeness (QED) is 0.458. The van der Waals surface area contributed by atoms with Gasteiger partial charge in [0.2, 0.25) is 5.91 Å². The normalized spacial score (nSPS) is 21.0. The van der Waals surface area contributed by atoms with Crippen molar-refractivity contribution < 1.29 is 9.59 Å². The summed E-state index contributed by atoms with van der Waals surface area (Å²) in [5.74, 6) is 0.585. The molecule has 1 aliphatic carbocycles. The topological polar surface area (TPSA) is 130 Å². The second-order valence-electron chi connectivity index (χ2n) is 8.53. The van der Waals surface area contributed by atoms with Gasteiger partial charge in [-0.3, -0.25) is 14.5 Å². The maximum absolute atomic E-state index is 12.5. The van der Waals surface area contributed by atoms with Gasteiger partial charge in [-0.15, -0.1) is 0 Å². The molecule has 164 valence electrons. The smallest absolute Gasteiger partial charge is 0.267 e. The van der Waals surface area contributed by atoms with Crippen molar-refractivity contribution in [2.75, 3.05) is 19.6 Å². The lowest BCUT2D eigenvalue weighted by Crippen LogP contribution is -2.45. The summed E-state index contributed by atoms with van der Waals surface area (Å²) >= 11 is 0. The van der Waals surface area contributed by atoms with Gasteiger partial charge < -0.3 is 20.6 Å². The van der Waals surface area contributed by atoms with Crippen molar-refractivity contribution in [2.45, 2.75) is 50.6 Å². The van der Waals surface area contributed by atoms with E-state index < -0.39 is 0 Å². The Kier molecular flexibility index (Phi) is 6.67. The average molecular weight is 424 g/mol. The number of aromatic nitrogens is 3. The lowest BCUT2D eigenvalue weighted by atomic mass is 10.1. The van der Waals surface area contributed by atoms with Gasteiger partial charge in [0.25, 0.3) is 5.91 Å². The highest BCUT2D eigenvalue weighted by Gasteiger charge is 2.38. The van der Waals surface area contributed by atoms with Crippen LogP contribution < -0.4 is 10.6 Å². The predicted octanol–water partition coefficient (Wildman–Crippen LogP) is 1.33. The standard InChI is InChI=1S/C22H29N7O2/c23-9-16-7-20(26-10-16)22(31)27-12-19-4-3-18(29(19)13-15-1-2-15)8-21(30)25-6-5-17-11-24-14-28-17/h7,10-11,14-15,18-19,26H,1-6,8,12-13H2,(H,24,28)(H,25,30)(H,27,31)/t18-,19+/m1/s1. The minimum absolute atomic E-state index is 0.0745. The third-order valence-electron chi connectivity index (χ3n) is 6.18. The Hall–Kier alpha value is -3.12. The van der Waals surface area contributed by atoms with Crippen molar-refractivity contribution in [3.8, 4) is 6.07 Å². The molecular weight excluding hydrogens is 394 g/mol. The molecule has 9 nitrogen and oxygen atoms in total. The number of imidazole rings is 1. The van der Waals surface area contributed by atoms with E-state index in [0.717, 1.165) is 31.5 Å². The van der Waals surface area contributed by atoms with Crippen LogP contribution in [0.4, 0.5) is 0 Å². The molecule has 2 aliphatic rings. The molecule has 2 amide bonds. The van der Waals surface area contributed by atoms with Crippen LogP contribution in [0.15, 0.2) is 24.8 Å². The molecule has 0 unspecified atom stereocenters. The zero-order valence-corrected chi connectivity index (χ0v) is 17.6. The van der Waals surface area contributed by atoms with E-state index in [0.29, 0.717) is 36.7 Å². The highest BCUT2D eigenvalue weighted by atomic mass is 16.2. The first-order chi connectivity index (χ1) is 15.1. The molecule has 9 heteroatoms. The van der Waals surface area contributed by atoms with Crippen LogP contribution in [0.25, 0.3) is 0 Å². The number of carbonyl (C=O) groups is 2. The molecular formula is C22H29N7O2. The molecule has 2 aromatic heterocycles. The number of amides is 2. The largest absolute Gasteiger partial charge is 0.356 e. The van der Waals surface area contributed by atoms with Crippen LogP contribution in [-0.2, 0) is 11.2 Å². The first-order valence-corrected chi connectivity index (χ1v) is 11.0. The van der Waals surface area contributed by atoms with Crippen LogP contribution in [0.1, 0.15) is 53.8 Å². The first kappa shape index (κ1) is 21.1. The predicted molar refractivity (Wildman–Crippen MR) is 114 cm³/mol. The van der Waals surface area contributed by atoms with E-state index in [4.69, 9.17) is 5.26 Å². The van der Waals surface area contributed by atoms with Crippen molar-refractivity contribution in [3.63, 3.8) is 0 Å². The monoisotopic (exact) mass is 423 g/mol. The van der Waals surface area contributed by atoms with E-state index in [-0.39, 0.29) is 23.9 Å². The van der Waals surface area contributed by atoms with E-state index >= 15 is 0 Å². The molecule has 4 N–H and O–H groups in total. The molecule has 1 aliphatic heterocycles. The molecule has 1 saturated heterocycles. The van der Waals surface area contributed by atoms with E-state index in [1.54, 1.807) is 18.6 Å². The van der Waals surface area contributed by atoms with Crippen LogP contribution in [-0.4, -0.2) is 63.4 Å². The van der Waals surface area contributed by atoms with E-state index in [1.807, 2.05) is 6.07 Å². The lowest BCUT2D eigenvalue weighted by molar-refractivity contribution is -0.122. The minimum atomic E-state index is -0.201. The number of rotatable bonds is 10. The van der Waals surface area contributed by atoms with Crippen molar-refractivity contribution in [2.24, 2.45) is 5.92 Å². The van der Waals surface area contributed by atoms with E-state index in [9.17, 15) is 9.59 Å². The van der Waals surface area contributed by atoms with Gasteiger partial charge >= 0.3 is 0 Å². The maximum Gasteiger partial charge on any atom is 0.267 e. The number of nitrogens with one attached hydrogen (secondary N) is 4. The Morgan fingerprint density at radius 2 is 2.03 bits per heavy atom. The molecule has 0 bridgehead atoms. The van der Waals surface area contributed by atoms with Gasteiger partial charge in [-0.25, -0.2) is 4.98 Å². The Bertz CT molecular complexity index is 926. The molecule has 3 heterocycles. The third kappa shape index (κ3) is 5.73. The maximum atomic E-state index is 12.5. The number of carbonyl (C=O) groups excluding carboxylic acids is 2. The summed E-state index contributed by atoms with van der Waals surface area (Å²) in [6.45, 7) is 2.13. The van der Waals surface area contributed by atoms with Gasteiger partial charge in [0.15, 0.2) is 0 Å². The van der Waals surface area contributed by atoms with Crippen LogP contribution in [0.5, 0.6) is 0 Å². The summed E-state index contributed by atoms with van der Waals surface area (Å²) in [5.41, 5.74) is 1.85. The summed E-state index contributed by atoms with van der Waals surface area (Å²) in [5, 5.41) is 14.9. The number of hydrogen-bond donors (Lipinski definition) is 4. The van der Waals surface area contributed by atoms with Crippen LogP contribution in [0.2, 0.25) is 0 Å². The fourth-order valence-corrected chi connectivity index (χ4v) is 4.29. The van der Waals surface area contributed by atoms with Gasteiger partial charge in [0.1, 0.15) is 11.8 Å². The first-order valence-electron chi connectivity index (χ1n) is 11.0. The number of H-pyrrole nitrogens is 2. The average Bonchev–Trinajstić information content (AvgIpc) is 3.13. The number of aromatic amines is 2. The molecule has 0 radical (unpaired) electrons. The highest BCUT2D eigenvalue weighted by molar-refractivity contribution is 5.92. The zero-order valence-electron chi connectivity index (χ0n) is 17.6. The van der Waals surface area contributed by atoms with Gasteiger partial charge in [0.05, 0.1) is 11.9 Å². The Balaban J connectivity index is 1.27. The molecule has 0 aromatic carbocycles. The lowest BCUT2D eigenvalue weighted by Gasteiger charge is -2.30. The number of nitriles is 1. The van der Waals surface area contributed by atoms with Crippen molar-refractivity contribution >= 4 is 11.8 Å². The third-order valence-corrected chi connectivity index (χ3v) is 6.18. The van der Waals surface area contributed by atoms with Crippen LogP contribution in [0, 0.1) is 17.2 Å². The highest BCUT2D eigenvalue weighted by Crippen LogP contribution is 2.35. The fraction of sp³-hybridized carbons (Fsp3) is 0.545. The Morgan fingerprint density at radius 1 is 1.19 bits per heavy atom. The summed E-state index contributed by atoms with van der Waals surface area (Å²) in [6.07, 6.45) is 10.6. The van der Waals surface area contributed by atoms with Crippen LogP contribution >= 0.6 is 0 Å². The van der Waals surface area contributed by atoms with E-state index in [1.165, 1.54) is 19.0 Å². The second-order valence-corrected chi connectivity index (χ2v) is 8.53. The molecule has 2 aromatic rings. The molecule has 0 spiro atoms. The Morgan fingerprint density at radius 3 is 2.74 bits per heavy atom. The summed E-state index contributed by atoms with van der Waals surface area (Å²) in [7, 11) is 0. The van der Waals surface area contributed by atoms with Crippen molar-refractivity contribution in [3.05, 3.63) is 41.7 Å². The molecule has 4 rings (SSSR count). The summed E-state index contributed by atoms with van der Waals surface area (Å²) < 4.78 is 0. The minimum Gasteiger partial charge on any atom is -0.356 e. The van der Waals surface area contributed by atoms with Crippen molar-refractivity contribution in [1.29, 1.82) is 5.26 Å². The van der Waals surface area contributed by atoms with Gasteiger partial charge in [-0.05, 0) is 37.7 Å². The van der Waals surface area contributed by atoms with Crippen LogP contribution in [0.3, 0.4) is 0 Å². The van der Waals surface area contributed by atoms with Crippen molar-refractivity contribution in [1.82, 2.24) is 30.5 Å². The van der Waals surface area contributed by atoms with Gasteiger partial charge in [0, 0.05) is 62.6 Å². The van der Waals surface area contributed by atoms with Gasteiger partial charge in [-0.2, -0.15) is 5.26 Å². The molecule has 2 fully saturated rings.